The molecule has 2 atom stereocenters. The van der Waals surface area contributed by atoms with Gasteiger partial charge in [-0.2, -0.15) is 0 Å². The summed E-state index contributed by atoms with van der Waals surface area (Å²) in [6, 6.07) is 0. The van der Waals surface area contributed by atoms with Gasteiger partial charge in [0.05, 0.1) is 25.4 Å². The lowest BCUT2D eigenvalue weighted by molar-refractivity contribution is -0.154. The molecule has 0 radical (unpaired) electrons. The summed E-state index contributed by atoms with van der Waals surface area (Å²) < 4.78 is 9.97. The molecular formula is C19H36O6. The number of aliphatic hydroxyl groups excluding tert-OH is 2. The van der Waals surface area contributed by atoms with Gasteiger partial charge in [0.15, 0.2) is 0 Å². The molecule has 6 nitrogen and oxygen atoms in total. The lowest BCUT2D eigenvalue weighted by atomic mass is 10.1. The number of hydrogen-bond acceptors (Lipinski definition) is 6. The first-order valence-electron chi connectivity index (χ1n) is 9.66. The van der Waals surface area contributed by atoms with E-state index in [9.17, 15) is 19.8 Å². The highest BCUT2D eigenvalue weighted by Gasteiger charge is 2.12. The average molecular weight is 360 g/mol. The third kappa shape index (κ3) is 16.1. The molecule has 0 bridgehead atoms. The molecule has 6 heteroatoms. The highest BCUT2D eigenvalue weighted by atomic mass is 16.6. The van der Waals surface area contributed by atoms with E-state index >= 15 is 0 Å². The number of carbonyl (C=O) groups is 2. The first kappa shape index (κ1) is 23.9. The van der Waals surface area contributed by atoms with Crippen molar-refractivity contribution in [2.75, 3.05) is 13.2 Å². The van der Waals surface area contributed by atoms with Crippen molar-refractivity contribution in [2.45, 2.75) is 96.7 Å². The molecule has 0 aromatic rings. The molecule has 2 N–H and O–H groups in total. The van der Waals surface area contributed by atoms with Gasteiger partial charge in [-0.15, -0.1) is 0 Å². The maximum atomic E-state index is 11.5. The van der Waals surface area contributed by atoms with Crippen LogP contribution in [0.15, 0.2) is 0 Å². The summed E-state index contributed by atoms with van der Waals surface area (Å²) in [5.41, 5.74) is 0. The Hall–Kier alpha value is -1.14. The number of esters is 2. The normalized spacial score (nSPS) is 13.3. The number of carbonyl (C=O) groups excluding carboxylic acids is 2. The fourth-order valence-electron chi connectivity index (χ4n) is 2.51. The summed E-state index contributed by atoms with van der Waals surface area (Å²) in [6.07, 6.45) is 6.95. The van der Waals surface area contributed by atoms with Crippen LogP contribution in [-0.4, -0.2) is 47.6 Å². The quantitative estimate of drug-likeness (QED) is 0.249. The molecular weight excluding hydrogens is 324 g/mol. The number of rotatable bonds is 16. The van der Waals surface area contributed by atoms with Crippen LogP contribution < -0.4 is 0 Å². The first-order valence-corrected chi connectivity index (χ1v) is 9.66. The van der Waals surface area contributed by atoms with E-state index in [2.05, 4.69) is 0 Å². The van der Waals surface area contributed by atoms with E-state index in [-0.39, 0.29) is 31.8 Å². The van der Waals surface area contributed by atoms with Crippen molar-refractivity contribution in [3.05, 3.63) is 0 Å². The van der Waals surface area contributed by atoms with Gasteiger partial charge in [-0.05, 0) is 51.4 Å². The summed E-state index contributed by atoms with van der Waals surface area (Å²) in [5.74, 6) is -1.14. The first-order chi connectivity index (χ1) is 12.0. The van der Waals surface area contributed by atoms with Gasteiger partial charge < -0.3 is 19.7 Å². The second-order valence-corrected chi connectivity index (χ2v) is 6.49. The second kappa shape index (κ2) is 16.3. The predicted octanol–water partition coefficient (Wildman–Crippen LogP) is 3.13. The summed E-state index contributed by atoms with van der Waals surface area (Å²) in [4.78, 5) is 23.0. The van der Waals surface area contributed by atoms with Crippen molar-refractivity contribution < 1.29 is 29.3 Å². The maximum Gasteiger partial charge on any atom is 0.317 e. The molecule has 0 saturated heterocycles. The van der Waals surface area contributed by atoms with Crippen molar-refractivity contribution in [1.82, 2.24) is 0 Å². The van der Waals surface area contributed by atoms with Crippen LogP contribution in [0.2, 0.25) is 0 Å². The van der Waals surface area contributed by atoms with E-state index in [0.29, 0.717) is 25.7 Å². The average Bonchev–Trinajstić information content (AvgIpc) is 2.54. The Kier molecular flexibility index (Phi) is 15.6. The van der Waals surface area contributed by atoms with Gasteiger partial charge in [0.2, 0.25) is 0 Å². The van der Waals surface area contributed by atoms with Gasteiger partial charge in [-0.3, -0.25) is 9.59 Å². The van der Waals surface area contributed by atoms with E-state index < -0.39 is 11.9 Å². The van der Waals surface area contributed by atoms with Gasteiger partial charge in [-0.1, -0.05) is 26.7 Å². The van der Waals surface area contributed by atoms with E-state index in [4.69, 9.17) is 9.47 Å². The molecule has 0 spiro atoms. The zero-order valence-electron chi connectivity index (χ0n) is 15.9. The fraction of sp³-hybridized carbons (Fsp3) is 0.895. The molecule has 2 unspecified atom stereocenters. The fourth-order valence-corrected chi connectivity index (χ4v) is 2.51. The third-order valence-corrected chi connectivity index (χ3v) is 3.92. The minimum absolute atomic E-state index is 0.264. The Morgan fingerprint density at radius 3 is 1.48 bits per heavy atom. The lowest BCUT2D eigenvalue weighted by Crippen LogP contribution is -2.15. The Morgan fingerprint density at radius 1 is 0.720 bits per heavy atom. The third-order valence-electron chi connectivity index (χ3n) is 3.92. The molecule has 25 heavy (non-hydrogen) atoms. The molecule has 0 aromatic heterocycles. The number of aliphatic hydroxyl groups is 2. The summed E-state index contributed by atoms with van der Waals surface area (Å²) in [5, 5.41) is 19.1. The van der Waals surface area contributed by atoms with Crippen molar-refractivity contribution in [1.29, 1.82) is 0 Å². The van der Waals surface area contributed by atoms with Crippen LogP contribution >= 0.6 is 0 Å². The Labute approximate surface area is 151 Å². The van der Waals surface area contributed by atoms with Crippen molar-refractivity contribution in [3.8, 4) is 0 Å². The molecule has 0 rings (SSSR count). The molecule has 0 saturated carbocycles. The van der Waals surface area contributed by atoms with E-state index in [1.165, 1.54) is 0 Å². The maximum absolute atomic E-state index is 11.5. The lowest BCUT2D eigenvalue weighted by Gasteiger charge is -2.09. The number of ether oxygens (including phenoxy) is 2. The van der Waals surface area contributed by atoms with E-state index in [1.54, 1.807) is 0 Å². The Morgan fingerprint density at radius 2 is 1.12 bits per heavy atom. The largest absolute Gasteiger partial charge is 0.465 e. The van der Waals surface area contributed by atoms with E-state index in [0.717, 1.165) is 38.5 Å². The summed E-state index contributed by atoms with van der Waals surface area (Å²) >= 11 is 0. The van der Waals surface area contributed by atoms with Gasteiger partial charge in [0.1, 0.15) is 6.42 Å². The van der Waals surface area contributed by atoms with Crippen molar-refractivity contribution in [3.63, 3.8) is 0 Å². The van der Waals surface area contributed by atoms with Crippen LogP contribution in [0.1, 0.15) is 84.5 Å². The minimum atomic E-state index is -0.572. The standard InChI is InChI=1S/C19H36O6/c1-3-9-16(20)11-5-7-13-24-18(22)15-19(23)25-14-8-6-12-17(21)10-4-2/h16-17,20-21H,3-15H2,1-2H3. The zero-order valence-corrected chi connectivity index (χ0v) is 15.9. The summed E-state index contributed by atoms with van der Waals surface area (Å²) in [7, 11) is 0. The van der Waals surface area contributed by atoms with Crippen LogP contribution in [0.25, 0.3) is 0 Å². The predicted molar refractivity (Wildman–Crippen MR) is 96.1 cm³/mol. The number of unbranched alkanes of at least 4 members (excludes halogenated alkanes) is 2. The molecule has 0 aliphatic heterocycles. The van der Waals surface area contributed by atoms with Crippen LogP contribution in [0.3, 0.4) is 0 Å². The number of hydrogen-bond donors (Lipinski definition) is 2. The molecule has 0 fully saturated rings. The zero-order chi connectivity index (χ0) is 18.9. The topological polar surface area (TPSA) is 93.1 Å². The molecule has 0 aliphatic rings. The minimum Gasteiger partial charge on any atom is -0.465 e. The smallest absolute Gasteiger partial charge is 0.317 e. The van der Waals surface area contributed by atoms with Crippen molar-refractivity contribution in [2.24, 2.45) is 0 Å². The monoisotopic (exact) mass is 360 g/mol. The highest BCUT2D eigenvalue weighted by Crippen LogP contribution is 2.08. The molecule has 0 aliphatic carbocycles. The van der Waals surface area contributed by atoms with Gasteiger partial charge in [0.25, 0.3) is 0 Å². The van der Waals surface area contributed by atoms with Crippen LogP contribution in [0.4, 0.5) is 0 Å². The van der Waals surface area contributed by atoms with E-state index in [1.807, 2.05) is 13.8 Å². The van der Waals surface area contributed by atoms with Gasteiger partial charge in [0, 0.05) is 0 Å². The molecule has 0 amide bonds. The van der Waals surface area contributed by atoms with Crippen LogP contribution in [0, 0.1) is 0 Å². The Bertz CT molecular complexity index is 313. The summed E-state index contributed by atoms with van der Waals surface area (Å²) in [6.45, 7) is 4.58. The highest BCUT2D eigenvalue weighted by molar-refractivity contribution is 5.91. The molecule has 0 aromatic carbocycles. The molecule has 148 valence electrons. The van der Waals surface area contributed by atoms with Gasteiger partial charge in [-0.25, -0.2) is 0 Å². The Balaban J connectivity index is 3.51. The van der Waals surface area contributed by atoms with Crippen LogP contribution in [0.5, 0.6) is 0 Å². The van der Waals surface area contributed by atoms with Crippen LogP contribution in [-0.2, 0) is 19.1 Å². The second-order valence-electron chi connectivity index (χ2n) is 6.49. The molecule has 0 heterocycles. The SMILES string of the molecule is CCCC(O)CCCCOC(=O)CC(=O)OCCCCC(O)CCC. The van der Waals surface area contributed by atoms with Gasteiger partial charge >= 0.3 is 11.9 Å². The van der Waals surface area contributed by atoms with Crippen molar-refractivity contribution >= 4 is 11.9 Å².